The molecule has 7 nitrogen and oxygen atoms in total. The van der Waals surface area contributed by atoms with E-state index in [0.29, 0.717) is 36.0 Å². The Bertz CT molecular complexity index is 943. The zero-order valence-electron chi connectivity index (χ0n) is 17.3. The summed E-state index contributed by atoms with van der Waals surface area (Å²) in [4.78, 5) is 36.4. The van der Waals surface area contributed by atoms with Crippen LogP contribution in [-0.4, -0.2) is 37.5 Å². The van der Waals surface area contributed by atoms with Gasteiger partial charge in [-0.25, -0.2) is 0 Å². The van der Waals surface area contributed by atoms with Crippen molar-refractivity contribution in [1.29, 1.82) is 0 Å². The van der Waals surface area contributed by atoms with Crippen LogP contribution in [0.25, 0.3) is 0 Å². The average molecular weight is 411 g/mol. The van der Waals surface area contributed by atoms with E-state index in [9.17, 15) is 14.4 Å². The standard InChI is InChI=1S/C23H25NO6/c1-23(2,3)22(27)24-17-7-5-16(6-8-17)18(25)14-30-21(26)13-15-4-9-19-20(12-15)29-11-10-28-19/h4-9,12H,10-11,13-14H2,1-3H3,(H,24,27). The number of fused-ring (bicyclic) bond motifs is 1. The van der Waals surface area contributed by atoms with Crippen molar-refractivity contribution >= 4 is 23.3 Å². The van der Waals surface area contributed by atoms with E-state index in [1.165, 1.54) is 0 Å². The van der Waals surface area contributed by atoms with Crippen LogP contribution in [-0.2, 0) is 20.7 Å². The number of nitrogens with one attached hydrogen (secondary N) is 1. The molecule has 0 saturated carbocycles. The molecule has 3 rings (SSSR count). The second-order valence-electron chi connectivity index (χ2n) is 8.02. The van der Waals surface area contributed by atoms with E-state index in [2.05, 4.69) is 5.32 Å². The second kappa shape index (κ2) is 8.98. The summed E-state index contributed by atoms with van der Waals surface area (Å²) in [5.74, 6) is 0.305. The Morgan fingerprint density at radius 3 is 2.30 bits per heavy atom. The lowest BCUT2D eigenvalue weighted by Crippen LogP contribution is -2.27. The van der Waals surface area contributed by atoms with Crippen molar-refractivity contribution in [3.63, 3.8) is 0 Å². The highest BCUT2D eigenvalue weighted by Gasteiger charge is 2.21. The highest BCUT2D eigenvalue weighted by Crippen LogP contribution is 2.30. The van der Waals surface area contributed by atoms with Crippen LogP contribution in [0, 0.1) is 5.41 Å². The number of anilines is 1. The third kappa shape index (κ3) is 5.59. The molecule has 1 amide bonds. The van der Waals surface area contributed by atoms with Crippen molar-refractivity contribution in [2.45, 2.75) is 27.2 Å². The number of ether oxygens (including phenoxy) is 3. The maximum absolute atomic E-state index is 12.3. The molecule has 7 heteroatoms. The molecular weight excluding hydrogens is 386 g/mol. The highest BCUT2D eigenvalue weighted by atomic mass is 16.6. The fraction of sp³-hybridized carbons (Fsp3) is 0.348. The van der Waals surface area contributed by atoms with Crippen LogP contribution < -0.4 is 14.8 Å². The van der Waals surface area contributed by atoms with Crippen LogP contribution in [0.1, 0.15) is 36.7 Å². The first-order chi connectivity index (χ1) is 14.2. The van der Waals surface area contributed by atoms with Gasteiger partial charge >= 0.3 is 5.97 Å². The quantitative estimate of drug-likeness (QED) is 0.579. The van der Waals surface area contributed by atoms with E-state index in [-0.39, 0.29) is 24.7 Å². The molecular formula is C23H25NO6. The van der Waals surface area contributed by atoms with Crippen molar-refractivity contribution in [3.8, 4) is 11.5 Å². The topological polar surface area (TPSA) is 90.9 Å². The smallest absolute Gasteiger partial charge is 0.310 e. The number of hydrogen-bond donors (Lipinski definition) is 1. The van der Waals surface area contributed by atoms with Gasteiger partial charge in [0, 0.05) is 16.7 Å². The fourth-order valence-electron chi connectivity index (χ4n) is 2.70. The maximum Gasteiger partial charge on any atom is 0.310 e. The Hall–Kier alpha value is -3.35. The van der Waals surface area contributed by atoms with Gasteiger partial charge in [0.15, 0.2) is 23.9 Å². The van der Waals surface area contributed by atoms with Crippen LogP contribution in [0.15, 0.2) is 42.5 Å². The van der Waals surface area contributed by atoms with Crippen LogP contribution >= 0.6 is 0 Å². The monoisotopic (exact) mass is 411 g/mol. The predicted molar refractivity (Wildman–Crippen MR) is 111 cm³/mol. The Balaban J connectivity index is 1.50. The minimum Gasteiger partial charge on any atom is -0.486 e. The Kier molecular flexibility index (Phi) is 6.40. The van der Waals surface area contributed by atoms with E-state index >= 15 is 0 Å². The van der Waals surface area contributed by atoms with E-state index in [4.69, 9.17) is 14.2 Å². The maximum atomic E-state index is 12.3. The third-order valence-electron chi connectivity index (χ3n) is 4.47. The predicted octanol–water partition coefficient (Wildman–Crippen LogP) is 3.41. The Morgan fingerprint density at radius 2 is 1.63 bits per heavy atom. The summed E-state index contributed by atoms with van der Waals surface area (Å²) >= 11 is 0. The molecule has 158 valence electrons. The number of ketones is 1. The summed E-state index contributed by atoms with van der Waals surface area (Å²) in [6.45, 7) is 6.07. The van der Waals surface area contributed by atoms with Crippen molar-refractivity contribution in [3.05, 3.63) is 53.6 Å². The molecule has 0 spiro atoms. The van der Waals surface area contributed by atoms with Crippen LogP contribution in [0.5, 0.6) is 11.5 Å². The van der Waals surface area contributed by atoms with Crippen LogP contribution in [0.3, 0.4) is 0 Å². The molecule has 30 heavy (non-hydrogen) atoms. The van der Waals surface area contributed by atoms with Gasteiger partial charge in [-0.05, 0) is 42.0 Å². The lowest BCUT2D eigenvalue weighted by molar-refractivity contribution is -0.141. The van der Waals surface area contributed by atoms with E-state index in [0.717, 1.165) is 5.56 Å². The molecule has 1 heterocycles. The molecule has 2 aromatic carbocycles. The largest absolute Gasteiger partial charge is 0.486 e. The minimum absolute atomic E-state index is 0.0295. The molecule has 1 aliphatic rings. The van der Waals surface area contributed by atoms with Gasteiger partial charge in [-0.15, -0.1) is 0 Å². The molecule has 0 unspecified atom stereocenters. The number of carbonyl (C=O) groups excluding carboxylic acids is 3. The molecule has 0 radical (unpaired) electrons. The van der Waals surface area contributed by atoms with Crippen molar-refractivity contribution in [2.24, 2.45) is 5.41 Å². The fourth-order valence-corrected chi connectivity index (χ4v) is 2.70. The lowest BCUT2D eigenvalue weighted by atomic mass is 9.95. The van der Waals surface area contributed by atoms with E-state index in [1.807, 2.05) is 20.8 Å². The van der Waals surface area contributed by atoms with Gasteiger partial charge in [-0.2, -0.15) is 0 Å². The average Bonchev–Trinajstić information content (AvgIpc) is 2.72. The summed E-state index contributed by atoms with van der Waals surface area (Å²) in [6, 6.07) is 11.7. The molecule has 0 atom stereocenters. The molecule has 1 N–H and O–H groups in total. The third-order valence-corrected chi connectivity index (χ3v) is 4.47. The van der Waals surface area contributed by atoms with E-state index < -0.39 is 11.4 Å². The first-order valence-electron chi connectivity index (χ1n) is 9.71. The van der Waals surface area contributed by atoms with Gasteiger partial charge in [0.2, 0.25) is 5.91 Å². The number of carbonyl (C=O) groups is 3. The van der Waals surface area contributed by atoms with Crippen LogP contribution in [0.2, 0.25) is 0 Å². The summed E-state index contributed by atoms with van der Waals surface area (Å²) in [6.07, 6.45) is 0.0295. The van der Waals surface area contributed by atoms with Gasteiger partial charge in [-0.3, -0.25) is 14.4 Å². The summed E-state index contributed by atoms with van der Waals surface area (Å²) < 4.78 is 16.1. The zero-order chi connectivity index (χ0) is 21.7. The molecule has 0 saturated heterocycles. The van der Waals surface area contributed by atoms with Crippen molar-refractivity contribution in [2.75, 3.05) is 25.1 Å². The summed E-state index contributed by atoms with van der Waals surface area (Å²) in [5, 5.41) is 2.79. The van der Waals surface area contributed by atoms with Gasteiger partial charge in [0.25, 0.3) is 0 Å². The normalized spacial score (nSPS) is 12.8. The molecule has 0 aliphatic carbocycles. The van der Waals surface area contributed by atoms with Crippen molar-refractivity contribution < 1.29 is 28.6 Å². The number of amides is 1. The first-order valence-corrected chi connectivity index (χ1v) is 9.71. The SMILES string of the molecule is CC(C)(C)C(=O)Nc1ccc(C(=O)COC(=O)Cc2ccc3c(c2)OCCO3)cc1. The number of Topliss-reactive ketones (excluding diaryl/α,β-unsaturated/α-hetero) is 1. The summed E-state index contributed by atoms with van der Waals surface area (Å²) in [7, 11) is 0. The number of benzene rings is 2. The number of esters is 1. The van der Waals surface area contributed by atoms with Gasteiger partial charge < -0.3 is 19.5 Å². The van der Waals surface area contributed by atoms with Gasteiger partial charge in [0.1, 0.15) is 13.2 Å². The Labute approximate surface area is 175 Å². The number of rotatable bonds is 6. The van der Waals surface area contributed by atoms with Gasteiger partial charge in [0.05, 0.1) is 6.42 Å². The molecule has 0 fully saturated rings. The Morgan fingerprint density at radius 1 is 0.967 bits per heavy atom. The summed E-state index contributed by atoms with van der Waals surface area (Å²) in [5.41, 5.74) is 1.20. The lowest BCUT2D eigenvalue weighted by Gasteiger charge is -2.18. The zero-order valence-corrected chi connectivity index (χ0v) is 17.3. The highest BCUT2D eigenvalue weighted by molar-refractivity contribution is 5.99. The minimum atomic E-state index is -0.514. The second-order valence-corrected chi connectivity index (χ2v) is 8.02. The number of hydrogen-bond acceptors (Lipinski definition) is 6. The molecule has 0 aromatic heterocycles. The first kappa shape index (κ1) is 21.4. The molecule has 2 aromatic rings. The molecule has 0 bridgehead atoms. The van der Waals surface area contributed by atoms with Gasteiger partial charge in [-0.1, -0.05) is 26.8 Å². The van der Waals surface area contributed by atoms with Crippen molar-refractivity contribution in [1.82, 2.24) is 0 Å². The van der Waals surface area contributed by atoms with Crippen LogP contribution in [0.4, 0.5) is 5.69 Å². The van der Waals surface area contributed by atoms with E-state index in [1.54, 1.807) is 42.5 Å². The molecule has 1 aliphatic heterocycles.